The molecule has 1 aromatic heterocycles. The van der Waals surface area contributed by atoms with Gasteiger partial charge in [-0.15, -0.1) is 0 Å². The van der Waals surface area contributed by atoms with Crippen LogP contribution in [-0.2, 0) is 13.1 Å². The van der Waals surface area contributed by atoms with Crippen molar-refractivity contribution < 1.29 is 0 Å². The second kappa shape index (κ2) is 6.12. The quantitative estimate of drug-likeness (QED) is 0.782. The third-order valence-electron chi connectivity index (χ3n) is 3.30. The Balaban J connectivity index is 1.88. The predicted octanol–water partition coefficient (Wildman–Crippen LogP) is 2.18. The first-order chi connectivity index (χ1) is 8.33. The minimum Gasteiger partial charge on any atom is -0.313 e. The Bertz CT molecular complexity index is 330. The Morgan fingerprint density at radius 2 is 2.18 bits per heavy atom. The lowest BCUT2D eigenvalue weighted by atomic mass is 10.2. The molecule has 0 aliphatic heterocycles. The molecule has 3 heteroatoms. The van der Waals surface area contributed by atoms with Crippen LogP contribution in [-0.4, -0.2) is 29.0 Å². The van der Waals surface area contributed by atoms with Crippen LogP contribution in [0.3, 0.4) is 0 Å². The summed E-state index contributed by atoms with van der Waals surface area (Å²) in [6, 6.07) is 5.17. The molecule has 1 aliphatic rings. The lowest BCUT2D eigenvalue weighted by molar-refractivity contribution is 0.266. The number of nitrogens with one attached hydrogen (secondary N) is 1. The SMILES string of the molecule is CCNCc1ccc(CN(CC)C2CC2)nc1. The molecule has 3 nitrogen and oxygen atoms in total. The Hall–Kier alpha value is -0.930. The molecule has 1 N–H and O–H groups in total. The van der Waals surface area contributed by atoms with Crippen LogP contribution in [0.5, 0.6) is 0 Å². The maximum atomic E-state index is 4.55. The number of nitrogens with zero attached hydrogens (tertiary/aromatic N) is 2. The summed E-state index contributed by atoms with van der Waals surface area (Å²) in [5.74, 6) is 0. The van der Waals surface area contributed by atoms with Gasteiger partial charge in [0.05, 0.1) is 5.69 Å². The van der Waals surface area contributed by atoms with Gasteiger partial charge < -0.3 is 5.32 Å². The van der Waals surface area contributed by atoms with Crippen molar-refractivity contribution >= 4 is 0 Å². The fourth-order valence-electron chi connectivity index (χ4n) is 2.07. The van der Waals surface area contributed by atoms with Crippen LogP contribution in [0.1, 0.15) is 37.9 Å². The van der Waals surface area contributed by atoms with Crippen LogP contribution >= 0.6 is 0 Å². The summed E-state index contributed by atoms with van der Waals surface area (Å²) in [6.45, 7) is 8.42. The maximum absolute atomic E-state index is 4.55. The van der Waals surface area contributed by atoms with E-state index in [4.69, 9.17) is 0 Å². The monoisotopic (exact) mass is 233 g/mol. The number of pyridine rings is 1. The van der Waals surface area contributed by atoms with Gasteiger partial charge in [0.15, 0.2) is 0 Å². The predicted molar refractivity (Wildman–Crippen MR) is 70.7 cm³/mol. The summed E-state index contributed by atoms with van der Waals surface area (Å²) < 4.78 is 0. The minimum atomic E-state index is 0.822. The van der Waals surface area contributed by atoms with E-state index in [1.165, 1.54) is 24.1 Å². The van der Waals surface area contributed by atoms with Crippen molar-refractivity contribution in [2.45, 2.75) is 45.8 Å². The molecule has 2 rings (SSSR count). The molecule has 94 valence electrons. The van der Waals surface area contributed by atoms with E-state index in [2.05, 4.69) is 41.2 Å². The van der Waals surface area contributed by atoms with Gasteiger partial charge >= 0.3 is 0 Å². The van der Waals surface area contributed by atoms with Crippen LogP contribution in [0, 0.1) is 0 Å². The van der Waals surface area contributed by atoms with E-state index in [-0.39, 0.29) is 0 Å². The van der Waals surface area contributed by atoms with Gasteiger partial charge in [-0.1, -0.05) is 19.9 Å². The average molecular weight is 233 g/mol. The van der Waals surface area contributed by atoms with Crippen molar-refractivity contribution in [1.82, 2.24) is 15.2 Å². The molecule has 17 heavy (non-hydrogen) atoms. The summed E-state index contributed by atoms with van der Waals surface area (Å²) in [4.78, 5) is 7.07. The topological polar surface area (TPSA) is 28.2 Å². The first kappa shape index (κ1) is 12.5. The first-order valence-corrected chi connectivity index (χ1v) is 6.72. The van der Waals surface area contributed by atoms with E-state index < -0.39 is 0 Å². The molecule has 0 bridgehead atoms. The van der Waals surface area contributed by atoms with Crippen LogP contribution in [0.2, 0.25) is 0 Å². The minimum absolute atomic E-state index is 0.822. The summed E-state index contributed by atoms with van der Waals surface area (Å²) >= 11 is 0. The zero-order valence-electron chi connectivity index (χ0n) is 10.9. The molecule has 1 heterocycles. The number of rotatable bonds is 7. The lowest BCUT2D eigenvalue weighted by Crippen LogP contribution is -2.25. The molecular formula is C14H23N3. The van der Waals surface area contributed by atoms with Crippen molar-refractivity contribution in [1.29, 1.82) is 0 Å². The van der Waals surface area contributed by atoms with Gasteiger partial charge in [0.1, 0.15) is 0 Å². The molecule has 1 fully saturated rings. The standard InChI is InChI=1S/C14H23N3/c1-3-15-9-12-5-6-13(16-10-12)11-17(4-2)14-7-8-14/h5-6,10,14-15H,3-4,7-9,11H2,1-2H3. The largest absolute Gasteiger partial charge is 0.313 e. The second-order valence-electron chi connectivity index (χ2n) is 4.73. The fourth-order valence-corrected chi connectivity index (χ4v) is 2.07. The molecule has 0 unspecified atom stereocenters. The van der Waals surface area contributed by atoms with E-state index >= 15 is 0 Å². The highest BCUT2D eigenvalue weighted by Gasteiger charge is 2.27. The zero-order valence-corrected chi connectivity index (χ0v) is 10.9. The Labute approximate surface area is 104 Å². The number of aromatic nitrogens is 1. The van der Waals surface area contributed by atoms with Crippen molar-refractivity contribution in [3.8, 4) is 0 Å². The molecule has 0 aromatic carbocycles. The highest BCUT2D eigenvalue weighted by molar-refractivity contribution is 5.14. The van der Waals surface area contributed by atoms with Crippen LogP contribution in [0.4, 0.5) is 0 Å². The van der Waals surface area contributed by atoms with Crippen molar-refractivity contribution in [2.75, 3.05) is 13.1 Å². The number of hydrogen-bond acceptors (Lipinski definition) is 3. The van der Waals surface area contributed by atoms with Gasteiger partial charge in [-0.2, -0.15) is 0 Å². The van der Waals surface area contributed by atoms with Crippen LogP contribution in [0.15, 0.2) is 18.3 Å². The smallest absolute Gasteiger partial charge is 0.0544 e. The number of hydrogen-bond donors (Lipinski definition) is 1. The first-order valence-electron chi connectivity index (χ1n) is 6.72. The van der Waals surface area contributed by atoms with E-state index in [1.54, 1.807) is 0 Å². The van der Waals surface area contributed by atoms with Gasteiger partial charge in [-0.3, -0.25) is 9.88 Å². The van der Waals surface area contributed by atoms with E-state index in [9.17, 15) is 0 Å². The summed E-state index contributed by atoms with van der Waals surface area (Å²) in [6.07, 6.45) is 4.73. The third kappa shape index (κ3) is 3.79. The Kier molecular flexibility index (Phi) is 4.51. The highest BCUT2D eigenvalue weighted by atomic mass is 15.2. The Morgan fingerprint density at radius 1 is 1.35 bits per heavy atom. The van der Waals surface area contributed by atoms with Gasteiger partial charge in [-0.05, 0) is 37.6 Å². The molecule has 1 aliphatic carbocycles. The highest BCUT2D eigenvalue weighted by Crippen LogP contribution is 2.27. The molecule has 0 atom stereocenters. The summed E-state index contributed by atoms with van der Waals surface area (Å²) in [5.41, 5.74) is 2.46. The van der Waals surface area contributed by atoms with Crippen LogP contribution < -0.4 is 5.32 Å². The van der Waals surface area contributed by atoms with Gasteiger partial charge in [-0.25, -0.2) is 0 Å². The molecule has 1 aromatic rings. The molecule has 0 spiro atoms. The van der Waals surface area contributed by atoms with Gasteiger partial charge in [0.25, 0.3) is 0 Å². The molecule has 0 radical (unpaired) electrons. The molecule has 0 amide bonds. The van der Waals surface area contributed by atoms with Crippen LogP contribution in [0.25, 0.3) is 0 Å². The third-order valence-corrected chi connectivity index (χ3v) is 3.30. The summed E-state index contributed by atoms with van der Waals surface area (Å²) in [7, 11) is 0. The molecular weight excluding hydrogens is 210 g/mol. The normalized spacial score (nSPS) is 15.5. The second-order valence-corrected chi connectivity index (χ2v) is 4.73. The summed E-state index contributed by atoms with van der Waals surface area (Å²) in [5, 5.41) is 3.31. The average Bonchev–Trinajstić information content (AvgIpc) is 3.19. The Morgan fingerprint density at radius 3 is 2.71 bits per heavy atom. The van der Waals surface area contributed by atoms with E-state index in [1.807, 2.05) is 6.20 Å². The van der Waals surface area contributed by atoms with E-state index in [0.717, 1.165) is 32.2 Å². The maximum Gasteiger partial charge on any atom is 0.0544 e. The fraction of sp³-hybridized carbons (Fsp3) is 0.643. The van der Waals surface area contributed by atoms with E-state index in [0.29, 0.717) is 0 Å². The zero-order chi connectivity index (χ0) is 12.1. The molecule has 1 saturated carbocycles. The molecule has 0 saturated heterocycles. The van der Waals surface area contributed by atoms with Crippen molar-refractivity contribution in [2.24, 2.45) is 0 Å². The lowest BCUT2D eigenvalue weighted by Gasteiger charge is -2.19. The van der Waals surface area contributed by atoms with Gasteiger partial charge in [0, 0.05) is 25.3 Å². The van der Waals surface area contributed by atoms with Crippen molar-refractivity contribution in [3.05, 3.63) is 29.6 Å². The van der Waals surface area contributed by atoms with Gasteiger partial charge in [0.2, 0.25) is 0 Å². The van der Waals surface area contributed by atoms with Crippen molar-refractivity contribution in [3.63, 3.8) is 0 Å².